The van der Waals surface area contributed by atoms with E-state index in [1.165, 1.54) is 4.90 Å². The van der Waals surface area contributed by atoms with Crippen LogP contribution in [-0.4, -0.2) is 142 Å². The topological polar surface area (TPSA) is 200 Å². The van der Waals surface area contributed by atoms with Crippen LogP contribution in [0.4, 0.5) is 23.0 Å². The second kappa shape index (κ2) is 19.2. The first-order valence-corrected chi connectivity index (χ1v) is 22.9. The molecular weight excluding hydrogens is 817 g/mol. The lowest BCUT2D eigenvalue weighted by atomic mass is 9.91. The number of aliphatic hydroxyl groups is 1. The highest BCUT2D eigenvalue weighted by Gasteiger charge is 2.45. The van der Waals surface area contributed by atoms with E-state index in [1.54, 1.807) is 32.9 Å². The first kappa shape index (κ1) is 44.9. The van der Waals surface area contributed by atoms with Gasteiger partial charge in [0.25, 0.3) is 0 Å². The van der Waals surface area contributed by atoms with Crippen molar-refractivity contribution in [2.75, 3.05) is 85.9 Å². The molecule has 1 amide bonds. The summed E-state index contributed by atoms with van der Waals surface area (Å²) >= 11 is 0. The molecule has 3 aromatic heterocycles. The van der Waals surface area contributed by atoms with E-state index in [-0.39, 0.29) is 36.6 Å². The molecule has 0 bridgehead atoms. The number of ether oxygens (including phenoxy) is 2. The summed E-state index contributed by atoms with van der Waals surface area (Å²) in [5.74, 6) is 1.41. The van der Waals surface area contributed by atoms with Gasteiger partial charge in [-0.05, 0) is 82.6 Å². The van der Waals surface area contributed by atoms with Gasteiger partial charge in [0.1, 0.15) is 29.4 Å². The monoisotopic (exact) mass is 880 g/mol. The number of aromatic nitrogens is 4. The van der Waals surface area contributed by atoms with Crippen molar-refractivity contribution in [2.24, 2.45) is 11.8 Å². The molecule has 0 saturated carbocycles. The molecule has 4 fully saturated rings. The Bertz CT molecular complexity index is 2220. The highest BCUT2D eigenvalue weighted by molar-refractivity contribution is 5.89. The molecule has 344 valence electrons. The van der Waals surface area contributed by atoms with Crippen molar-refractivity contribution in [1.29, 1.82) is 0 Å². The number of likely N-dealkylation sites (tertiary alicyclic amines) is 2. The lowest BCUT2D eigenvalue weighted by molar-refractivity contribution is -0.163. The van der Waals surface area contributed by atoms with E-state index in [9.17, 15) is 19.8 Å². The second-order valence-electron chi connectivity index (χ2n) is 19.1. The number of esters is 1. The number of piperidine rings is 2. The summed E-state index contributed by atoms with van der Waals surface area (Å²) in [4.78, 5) is 42.4. The summed E-state index contributed by atoms with van der Waals surface area (Å²) in [5, 5.41) is 33.7. The predicted octanol–water partition coefficient (Wildman–Crippen LogP) is 4.94. The summed E-state index contributed by atoms with van der Waals surface area (Å²) in [6.45, 7) is 17.1. The number of anilines is 4. The average molecular weight is 881 g/mol. The molecule has 4 saturated heterocycles. The Balaban J connectivity index is 0.779. The molecule has 4 aliphatic heterocycles. The lowest BCUT2D eigenvalue weighted by Gasteiger charge is -2.38. The number of benzene rings is 1. The van der Waals surface area contributed by atoms with Crippen molar-refractivity contribution >= 4 is 34.9 Å². The first-order valence-electron chi connectivity index (χ1n) is 22.9. The van der Waals surface area contributed by atoms with Gasteiger partial charge in [-0.25, -0.2) is 9.78 Å². The van der Waals surface area contributed by atoms with E-state index in [0.717, 1.165) is 102 Å². The molecule has 8 rings (SSSR count). The molecule has 0 unspecified atom stereocenters. The number of phenols is 1. The molecule has 1 aromatic carbocycles. The summed E-state index contributed by atoms with van der Waals surface area (Å²) in [5.41, 5.74) is 8.67. The Labute approximate surface area is 375 Å². The van der Waals surface area contributed by atoms with Gasteiger partial charge in [-0.15, -0.1) is 10.2 Å². The summed E-state index contributed by atoms with van der Waals surface area (Å²) in [7, 11) is 0. The van der Waals surface area contributed by atoms with Crippen molar-refractivity contribution < 1.29 is 33.8 Å². The Morgan fingerprint density at radius 3 is 2.33 bits per heavy atom. The van der Waals surface area contributed by atoms with Crippen LogP contribution >= 0.6 is 0 Å². The van der Waals surface area contributed by atoms with Crippen LogP contribution < -0.4 is 25.2 Å². The number of β-amino-alcohol motifs (C(OH)–C–C–N with tert-alkyl or cyclic N) is 1. The van der Waals surface area contributed by atoms with Crippen molar-refractivity contribution in [3.8, 4) is 22.9 Å². The zero-order chi connectivity index (χ0) is 45.1. The highest BCUT2D eigenvalue weighted by Crippen LogP contribution is 2.36. The minimum atomic E-state index is -0.843. The highest BCUT2D eigenvalue weighted by atomic mass is 16.6. The molecule has 0 spiro atoms. The third-order valence-electron chi connectivity index (χ3n) is 13.0. The molecule has 4 aliphatic rings. The van der Waals surface area contributed by atoms with Gasteiger partial charge < -0.3 is 54.4 Å². The third-order valence-corrected chi connectivity index (χ3v) is 13.0. The standard InChI is InChI=1S/C47H64N10O7/c1-30(2)43(45(60)57-29-33(58)25-38(57)46(61)63-47(3,4)5)40-27-41(52-64-40)56-18-11-31(12-19-56)28-53-16-13-34(14-17-53)62-42-24-32(10-15-49-42)54-20-22-55(23-21-54)37-26-36(50-51-44(37)48)35-8-6-7-9-39(35)59/h6-10,15,24,26-27,30-31,33-34,38,43,58-59H,11-14,16-23,25,28-29H2,1-5H3,(H2,48,51)/t33-,38+,43-/m1/s1. The van der Waals surface area contributed by atoms with Crippen LogP contribution in [0.1, 0.15) is 78.4 Å². The first-order chi connectivity index (χ1) is 30.7. The zero-order valence-electron chi connectivity index (χ0n) is 37.8. The molecule has 4 aromatic rings. The largest absolute Gasteiger partial charge is 0.507 e. The van der Waals surface area contributed by atoms with Crippen molar-refractivity contribution in [1.82, 2.24) is 30.1 Å². The smallest absolute Gasteiger partial charge is 0.329 e. The summed E-state index contributed by atoms with van der Waals surface area (Å²) in [6.07, 6.45) is 5.25. The molecule has 3 atom stereocenters. The van der Waals surface area contributed by atoms with Gasteiger partial charge in [-0.2, -0.15) is 0 Å². The van der Waals surface area contributed by atoms with E-state index in [0.29, 0.717) is 34.6 Å². The molecule has 17 nitrogen and oxygen atoms in total. The van der Waals surface area contributed by atoms with Crippen LogP contribution in [0.25, 0.3) is 11.3 Å². The summed E-state index contributed by atoms with van der Waals surface area (Å²) < 4.78 is 17.9. The molecule has 7 heterocycles. The van der Waals surface area contributed by atoms with Gasteiger partial charge >= 0.3 is 5.97 Å². The van der Waals surface area contributed by atoms with Crippen molar-refractivity contribution in [3.63, 3.8) is 0 Å². The number of nitrogen functional groups attached to an aromatic ring is 1. The van der Waals surface area contributed by atoms with E-state index in [2.05, 4.69) is 39.9 Å². The minimum Gasteiger partial charge on any atom is -0.507 e. The number of piperazine rings is 1. The van der Waals surface area contributed by atoms with E-state index < -0.39 is 29.6 Å². The van der Waals surface area contributed by atoms with Gasteiger partial charge in [0.15, 0.2) is 17.4 Å². The predicted molar refractivity (Wildman–Crippen MR) is 243 cm³/mol. The third kappa shape index (κ3) is 10.5. The maximum atomic E-state index is 14.0. The maximum absolute atomic E-state index is 14.0. The zero-order valence-corrected chi connectivity index (χ0v) is 37.8. The van der Waals surface area contributed by atoms with Crippen LogP contribution in [0.2, 0.25) is 0 Å². The summed E-state index contributed by atoms with van der Waals surface area (Å²) in [6, 6.07) is 14.1. The number of nitrogens with zero attached hydrogens (tertiary/aromatic N) is 9. The van der Waals surface area contributed by atoms with Crippen molar-refractivity contribution in [2.45, 2.75) is 96.5 Å². The quantitative estimate of drug-likeness (QED) is 0.162. The van der Waals surface area contributed by atoms with Gasteiger partial charge in [0.05, 0.1) is 17.5 Å². The number of carbonyl (C=O) groups is 2. The second-order valence-corrected chi connectivity index (χ2v) is 19.1. The molecule has 4 N–H and O–H groups in total. The van der Waals surface area contributed by atoms with Gasteiger partial charge in [0.2, 0.25) is 11.8 Å². The Kier molecular flexibility index (Phi) is 13.5. The fourth-order valence-electron chi connectivity index (χ4n) is 9.56. The normalized spacial score (nSPS) is 21.1. The molecule has 0 radical (unpaired) electrons. The number of hydrogen-bond acceptors (Lipinski definition) is 16. The number of aromatic hydroxyl groups is 1. The lowest BCUT2D eigenvalue weighted by Crippen LogP contribution is -2.46. The number of hydrogen-bond donors (Lipinski definition) is 3. The molecule has 17 heteroatoms. The Morgan fingerprint density at radius 1 is 0.906 bits per heavy atom. The van der Waals surface area contributed by atoms with Gasteiger partial charge in [-0.1, -0.05) is 31.1 Å². The Hall–Kier alpha value is -5.68. The number of para-hydroxylation sites is 1. The molecular formula is C47H64N10O7. The van der Waals surface area contributed by atoms with E-state index in [1.807, 2.05) is 56.4 Å². The van der Waals surface area contributed by atoms with Crippen LogP contribution in [-0.2, 0) is 14.3 Å². The number of amides is 1. The number of aliphatic hydroxyl groups excluding tert-OH is 1. The molecule has 0 aliphatic carbocycles. The maximum Gasteiger partial charge on any atom is 0.329 e. The fraction of sp³-hybridized carbons (Fsp3) is 0.574. The number of phenolic OH excluding ortho intramolecular Hbond substituents is 1. The van der Waals surface area contributed by atoms with E-state index in [4.69, 9.17) is 19.7 Å². The number of nitrogens with two attached hydrogens (primary N) is 1. The Morgan fingerprint density at radius 2 is 1.62 bits per heavy atom. The van der Waals surface area contributed by atoms with Crippen LogP contribution in [0, 0.1) is 11.8 Å². The van der Waals surface area contributed by atoms with Crippen LogP contribution in [0.5, 0.6) is 11.6 Å². The number of rotatable bonds is 12. The number of carbonyl (C=O) groups excluding carboxylic acids is 2. The minimum absolute atomic E-state index is 0.0750. The SMILES string of the molecule is CC(C)[C@@H](C(=O)N1C[C@H](O)C[C@H]1C(=O)OC(C)(C)C)c1cc(N2CCC(CN3CCC(Oc4cc(N5CCN(c6cc(-c7ccccc7O)nnc6N)CC5)ccn4)CC3)CC2)no1. The van der Waals surface area contributed by atoms with Gasteiger partial charge in [0, 0.05) is 101 Å². The van der Waals surface area contributed by atoms with Gasteiger partial charge in [-0.3, -0.25) is 4.79 Å². The number of pyridine rings is 1. The average Bonchev–Trinajstić information content (AvgIpc) is 3.92. The fourth-order valence-corrected chi connectivity index (χ4v) is 9.56. The molecule has 64 heavy (non-hydrogen) atoms. The van der Waals surface area contributed by atoms with Crippen LogP contribution in [0.15, 0.2) is 59.3 Å². The van der Waals surface area contributed by atoms with Crippen molar-refractivity contribution in [3.05, 3.63) is 60.5 Å². The van der Waals surface area contributed by atoms with Crippen LogP contribution in [0.3, 0.4) is 0 Å². The van der Waals surface area contributed by atoms with E-state index >= 15 is 0 Å².